The molecular formula is C25H46N2O2S. The number of rotatable bonds is 20. The van der Waals surface area contributed by atoms with Crippen LogP contribution in [0.15, 0.2) is 30.3 Å². The number of hydrogen-bond donors (Lipinski definition) is 1. The molecule has 0 amide bonds. The number of hydrogen-bond acceptors (Lipinski definition) is 3. The van der Waals surface area contributed by atoms with Crippen LogP contribution >= 0.6 is 0 Å². The van der Waals surface area contributed by atoms with Crippen molar-refractivity contribution >= 4 is 15.7 Å². The normalized spacial score (nSPS) is 11.7. The predicted molar refractivity (Wildman–Crippen MR) is 132 cm³/mol. The first-order valence-corrected chi connectivity index (χ1v) is 14.2. The molecule has 0 saturated heterocycles. The zero-order chi connectivity index (χ0) is 21.9. The second-order valence-electron chi connectivity index (χ2n) is 8.59. The van der Waals surface area contributed by atoms with E-state index in [0.29, 0.717) is 13.1 Å². The molecule has 0 aliphatic rings. The fourth-order valence-electron chi connectivity index (χ4n) is 3.87. The summed E-state index contributed by atoms with van der Waals surface area (Å²) in [6, 6.07) is 10.3. The Morgan fingerprint density at radius 3 is 1.63 bits per heavy atom. The van der Waals surface area contributed by atoms with Crippen molar-refractivity contribution < 1.29 is 8.42 Å². The van der Waals surface area contributed by atoms with Gasteiger partial charge >= 0.3 is 0 Å². The minimum atomic E-state index is -3.13. The van der Waals surface area contributed by atoms with Crippen LogP contribution in [0.3, 0.4) is 0 Å². The molecule has 0 fully saturated rings. The third kappa shape index (κ3) is 15.7. The summed E-state index contributed by atoms with van der Waals surface area (Å²) in [4.78, 5) is 2.29. The lowest BCUT2D eigenvalue weighted by Crippen LogP contribution is -2.35. The molecule has 1 rings (SSSR count). The number of unbranched alkanes of at least 4 members (excludes halogenated alkanes) is 13. The molecule has 0 radical (unpaired) electrons. The smallest absolute Gasteiger partial charge is 0.208 e. The first kappa shape index (κ1) is 27.0. The monoisotopic (exact) mass is 438 g/mol. The van der Waals surface area contributed by atoms with Crippen molar-refractivity contribution in [3.05, 3.63) is 30.3 Å². The van der Waals surface area contributed by atoms with Crippen LogP contribution in [0.1, 0.15) is 96.8 Å². The van der Waals surface area contributed by atoms with Crippen LogP contribution < -0.4 is 9.62 Å². The molecule has 0 saturated carbocycles. The summed E-state index contributed by atoms with van der Waals surface area (Å²) in [5.41, 5.74) is 1.17. The standard InChI is InChI=1S/C25H46N2O2S/c1-3-4-5-6-7-8-9-10-11-12-13-14-15-19-23-27(24-22-26-30(2,28)29)25-20-17-16-18-21-25/h16-18,20-21,26H,3-15,19,22-24H2,1-2H3. The molecule has 5 heteroatoms. The van der Waals surface area contributed by atoms with Gasteiger partial charge in [-0.15, -0.1) is 0 Å². The SMILES string of the molecule is CCCCCCCCCCCCCCCCN(CCNS(C)(=O)=O)c1ccccc1. The Morgan fingerprint density at radius 2 is 1.17 bits per heavy atom. The first-order chi connectivity index (χ1) is 14.5. The van der Waals surface area contributed by atoms with Gasteiger partial charge in [0, 0.05) is 25.3 Å². The molecule has 1 aromatic carbocycles. The molecule has 0 heterocycles. The Labute approximate surface area is 186 Å². The van der Waals surface area contributed by atoms with Gasteiger partial charge in [-0.05, 0) is 18.6 Å². The third-order valence-corrected chi connectivity index (χ3v) is 6.38. The van der Waals surface area contributed by atoms with Gasteiger partial charge in [0.1, 0.15) is 0 Å². The second-order valence-corrected chi connectivity index (χ2v) is 10.4. The molecule has 0 bridgehead atoms. The van der Waals surface area contributed by atoms with Crippen LogP contribution in [0.25, 0.3) is 0 Å². The van der Waals surface area contributed by atoms with E-state index in [1.54, 1.807) is 0 Å². The van der Waals surface area contributed by atoms with E-state index in [0.717, 1.165) is 13.0 Å². The summed E-state index contributed by atoms with van der Waals surface area (Å²) in [5, 5.41) is 0. The van der Waals surface area contributed by atoms with Crippen molar-refractivity contribution in [1.82, 2.24) is 4.72 Å². The third-order valence-electron chi connectivity index (χ3n) is 5.65. The Morgan fingerprint density at radius 1 is 0.700 bits per heavy atom. The van der Waals surface area contributed by atoms with Gasteiger partial charge < -0.3 is 4.90 Å². The van der Waals surface area contributed by atoms with Crippen molar-refractivity contribution in [3.8, 4) is 0 Å². The lowest BCUT2D eigenvalue weighted by Gasteiger charge is -2.25. The van der Waals surface area contributed by atoms with E-state index in [9.17, 15) is 8.42 Å². The molecule has 1 aromatic rings. The summed E-state index contributed by atoms with van der Waals surface area (Å²) >= 11 is 0. The largest absolute Gasteiger partial charge is 0.370 e. The maximum absolute atomic E-state index is 11.3. The number of benzene rings is 1. The average Bonchev–Trinajstić information content (AvgIpc) is 2.72. The van der Waals surface area contributed by atoms with Gasteiger partial charge in [0.15, 0.2) is 0 Å². The van der Waals surface area contributed by atoms with Gasteiger partial charge in [0.05, 0.1) is 6.26 Å². The molecule has 174 valence electrons. The maximum Gasteiger partial charge on any atom is 0.208 e. The average molecular weight is 439 g/mol. The van der Waals surface area contributed by atoms with Gasteiger partial charge in [-0.1, -0.05) is 109 Å². The highest BCUT2D eigenvalue weighted by molar-refractivity contribution is 7.88. The summed E-state index contributed by atoms with van der Waals surface area (Å²) in [5.74, 6) is 0. The van der Waals surface area contributed by atoms with E-state index in [2.05, 4.69) is 28.7 Å². The number of anilines is 1. The van der Waals surface area contributed by atoms with E-state index in [4.69, 9.17) is 0 Å². The fraction of sp³-hybridized carbons (Fsp3) is 0.760. The maximum atomic E-state index is 11.3. The van der Waals surface area contributed by atoms with Gasteiger partial charge in [-0.2, -0.15) is 0 Å². The van der Waals surface area contributed by atoms with Gasteiger partial charge in [0.2, 0.25) is 10.0 Å². The number of para-hydroxylation sites is 1. The van der Waals surface area contributed by atoms with Crippen LogP contribution in [0.5, 0.6) is 0 Å². The topological polar surface area (TPSA) is 49.4 Å². The minimum absolute atomic E-state index is 0.451. The minimum Gasteiger partial charge on any atom is -0.370 e. The van der Waals surface area contributed by atoms with Crippen LogP contribution in [-0.2, 0) is 10.0 Å². The van der Waals surface area contributed by atoms with Gasteiger partial charge in [-0.3, -0.25) is 0 Å². The van der Waals surface area contributed by atoms with E-state index in [-0.39, 0.29) is 0 Å². The number of sulfonamides is 1. The zero-order valence-corrected chi connectivity index (χ0v) is 20.4. The molecule has 4 nitrogen and oxygen atoms in total. The highest BCUT2D eigenvalue weighted by Gasteiger charge is 2.07. The molecule has 0 aromatic heterocycles. The highest BCUT2D eigenvalue weighted by Crippen LogP contribution is 2.16. The lowest BCUT2D eigenvalue weighted by atomic mass is 10.0. The molecule has 0 spiro atoms. The Hall–Kier alpha value is -1.07. The van der Waals surface area contributed by atoms with E-state index >= 15 is 0 Å². The molecule has 0 atom stereocenters. The highest BCUT2D eigenvalue weighted by atomic mass is 32.2. The van der Waals surface area contributed by atoms with Crippen molar-refractivity contribution in [3.63, 3.8) is 0 Å². The summed E-state index contributed by atoms with van der Waals surface area (Å²) in [6.07, 6.45) is 20.3. The second kappa shape index (κ2) is 17.6. The molecule has 0 unspecified atom stereocenters. The quantitative estimate of drug-likeness (QED) is 0.236. The van der Waals surface area contributed by atoms with Crippen molar-refractivity contribution in [1.29, 1.82) is 0 Å². The van der Waals surface area contributed by atoms with Crippen LogP contribution in [-0.4, -0.2) is 34.3 Å². The number of nitrogens with one attached hydrogen (secondary N) is 1. The molecular weight excluding hydrogens is 392 g/mol. The molecule has 1 N–H and O–H groups in total. The van der Waals surface area contributed by atoms with Gasteiger partial charge in [0.25, 0.3) is 0 Å². The van der Waals surface area contributed by atoms with Crippen molar-refractivity contribution in [2.24, 2.45) is 0 Å². The van der Waals surface area contributed by atoms with Crippen LogP contribution in [0.4, 0.5) is 5.69 Å². The summed E-state index contributed by atoms with van der Waals surface area (Å²) in [6.45, 7) is 4.41. The Balaban J connectivity index is 2.07. The zero-order valence-electron chi connectivity index (χ0n) is 19.6. The summed E-state index contributed by atoms with van der Waals surface area (Å²) in [7, 11) is -3.13. The van der Waals surface area contributed by atoms with Crippen molar-refractivity contribution in [2.45, 2.75) is 96.8 Å². The predicted octanol–water partition coefficient (Wildman–Crippen LogP) is 6.52. The Kier molecular flexibility index (Phi) is 15.8. The van der Waals surface area contributed by atoms with E-state index in [1.807, 2.05) is 18.2 Å². The molecule has 30 heavy (non-hydrogen) atoms. The van der Waals surface area contributed by atoms with Crippen LogP contribution in [0.2, 0.25) is 0 Å². The molecule has 0 aliphatic carbocycles. The van der Waals surface area contributed by atoms with E-state index in [1.165, 1.54) is 95.4 Å². The number of nitrogens with zero attached hydrogens (tertiary/aromatic N) is 1. The Bertz CT molecular complexity index is 605. The fourth-order valence-corrected chi connectivity index (χ4v) is 4.33. The van der Waals surface area contributed by atoms with E-state index < -0.39 is 10.0 Å². The first-order valence-electron chi connectivity index (χ1n) is 12.3. The van der Waals surface area contributed by atoms with Gasteiger partial charge in [-0.25, -0.2) is 13.1 Å². The van der Waals surface area contributed by atoms with Crippen molar-refractivity contribution in [2.75, 3.05) is 30.8 Å². The molecule has 0 aliphatic heterocycles. The summed E-state index contributed by atoms with van der Waals surface area (Å²) < 4.78 is 25.2. The lowest BCUT2D eigenvalue weighted by molar-refractivity contribution is 0.534. The van der Waals surface area contributed by atoms with Crippen LogP contribution in [0, 0.1) is 0 Å².